The van der Waals surface area contributed by atoms with Gasteiger partial charge in [-0.25, -0.2) is 14.1 Å². The summed E-state index contributed by atoms with van der Waals surface area (Å²) in [6.07, 6.45) is 3.70. The van der Waals surface area contributed by atoms with Crippen molar-refractivity contribution < 1.29 is 4.39 Å². The van der Waals surface area contributed by atoms with Crippen LogP contribution >= 0.6 is 11.6 Å². The third kappa shape index (κ3) is 4.19. The molecule has 0 aliphatic carbocycles. The van der Waals surface area contributed by atoms with E-state index in [2.05, 4.69) is 41.4 Å². The van der Waals surface area contributed by atoms with Gasteiger partial charge in [-0.2, -0.15) is 5.10 Å². The Morgan fingerprint density at radius 3 is 1.79 bits per heavy atom. The molecule has 0 fully saturated rings. The third-order valence-corrected chi connectivity index (χ3v) is 6.90. The Bertz CT molecular complexity index is 1630. The molecule has 0 amide bonds. The number of hydrogen-bond acceptors (Lipinski definition) is 2. The van der Waals surface area contributed by atoms with E-state index in [1.165, 1.54) is 12.1 Å². The molecule has 0 bridgehead atoms. The summed E-state index contributed by atoms with van der Waals surface area (Å²) in [7, 11) is 0. The Kier molecular flexibility index (Phi) is 6.32. The number of nitrogens with zero attached hydrogens (tertiary/aromatic N) is 3. The van der Waals surface area contributed by atoms with Crippen molar-refractivity contribution in [2.45, 2.75) is 5.54 Å². The summed E-state index contributed by atoms with van der Waals surface area (Å²) in [5.74, 6) is -0.292. The SMILES string of the molecule is Fc1cccc(/C=C/c2nn(C(c3ccccc3)(c3ccccc3)c3ccccc3)c3ccc(Cl)nc23)c1. The molecule has 0 unspecified atom stereocenters. The zero-order valence-corrected chi connectivity index (χ0v) is 21.1. The maximum atomic E-state index is 13.8. The van der Waals surface area contributed by atoms with E-state index < -0.39 is 5.54 Å². The van der Waals surface area contributed by atoms with Gasteiger partial charge in [-0.3, -0.25) is 0 Å². The fourth-order valence-electron chi connectivity index (χ4n) is 5.05. The fourth-order valence-corrected chi connectivity index (χ4v) is 5.20. The Morgan fingerprint density at radius 1 is 0.658 bits per heavy atom. The molecular weight excluding hydrogens is 493 g/mol. The standard InChI is InChI=1S/C33H23ClFN3/c34-31-22-21-30-32(36-31)29(20-19-24-11-10-18-28(35)23-24)37-38(30)33(25-12-4-1-5-13-25,26-14-6-2-7-15-26)27-16-8-3-9-17-27/h1-23H/b20-19+. The second kappa shape index (κ2) is 10.1. The van der Waals surface area contributed by atoms with Crippen molar-refractivity contribution >= 4 is 34.8 Å². The van der Waals surface area contributed by atoms with Crippen LogP contribution in [0.2, 0.25) is 5.15 Å². The molecule has 6 aromatic rings. The van der Waals surface area contributed by atoms with Crippen LogP contribution in [0.3, 0.4) is 0 Å². The molecule has 4 aromatic carbocycles. The van der Waals surface area contributed by atoms with Crippen molar-refractivity contribution in [1.82, 2.24) is 14.8 Å². The van der Waals surface area contributed by atoms with Crippen molar-refractivity contribution in [1.29, 1.82) is 0 Å². The van der Waals surface area contributed by atoms with E-state index >= 15 is 0 Å². The summed E-state index contributed by atoms with van der Waals surface area (Å²) >= 11 is 6.38. The molecule has 0 aliphatic heterocycles. The number of fused-ring (bicyclic) bond motifs is 1. The quantitative estimate of drug-likeness (QED) is 0.165. The van der Waals surface area contributed by atoms with E-state index in [0.717, 1.165) is 27.8 Å². The first kappa shape index (κ1) is 23.8. The summed E-state index contributed by atoms with van der Waals surface area (Å²) in [6, 6.07) is 41.2. The molecule has 2 aromatic heterocycles. The lowest BCUT2D eigenvalue weighted by molar-refractivity contribution is 0.475. The molecule has 38 heavy (non-hydrogen) atoms. The van der Waals surface area contributed by atoms with Gasteiger partial charge in [-0.15, -0.1) is 0 Å². The second-order valence-corrected chi connectivity index (χ2v) is 9.38. The Balaban J connectivity index is 1.70. The molecule has 0 saturated carbocycles. The number of hydrogen-bond donors (Lipinski definition) is 0. The lowest BCUT2D eigenvalue weighted by atomic mass is 9.77. The molecule has 0 aliphatic rings. The number of benzene rings is 4. The van der Waals surface area contributed by atoms with Gasteiger partial charge >= 0.3 is 0 Å². The van der Waals surface area contributed by atoms with E-state index in [0.29, 0.717) is 16.4 Å². The van der Waals surface area contributed by atoms with Crippen molar-refractivity contribution in [3.05, 3.63) is 166 Å². The van der Waals surface area contributed by atoms with Crippen molar-refractivity contribution in [3.8, 4) is 0 Å². The largest absolute Gasteiger partial charge is 0.243 e. The number of aromatic nitrogens is 3. The molecule has 0 spiro atoms. The summed E-state index contributed by atoms with van der Waals surface area (Å²) < 4.78 is 15.9. The van der Waals surface area contributed by atoms with Gasteiger partial charge in [0.1, 0.15) is 27.7 Å². The predicted octanol–water partition coefficient (Wildman–Crippen LogP) is 8.23. The van der Waals surface area contributed by atoms with Crippen LogP contribution in [-0.2, 0) is 5.54 Å². The first-order chi connectivity index (χ1) is 18.7. The Morgan fingerprint density at radius 2 is 1.24 bits per heavy atom. The van der Waals surface area contributed by atoms with Crippen LogP contribution in [0.4, 0.5) is 4.39 Å². The number of rotatable bonds is 6. The first-order valence-electron chi connectivity index (χ1n) is 12.3. The van der Waals surface area contributed by atoms with Gasteiger partial charge in [-0.1, -0.05) is 121 Å². The van der Waals surface area contributed by atoms with E-state index in [4.69, 9.17) is 16.7 Å². The van der Waals surface area contributed by atoms with Gasteiger partial charge in [0, 0.05) is 0 Å². The normalized spacial score (nSPS) is 11.8. The molecule has 2 heterocycles. The van der Waals surface area contributed by atoms with E-state index in [1.54, 1.807) is 12.1 Å². The van der Waals surface area contributed by atoms with Crippen LogP contribution in [0.15, 0.2) is 127 Å². The molecule has 6 rings (SSSR count). The van der Waals surface area contributed by atoms with Gasteiger partial charge in [0.15, 0.2) is 0 Å². The molecule has 0 N–H and O–H groups in total. The average Bonchev–Trinajstić information content (AvgIpc) is 3.32. The summed E-state index contributed by atoms with van der Waals surface area (Å²) in [5, 5.41) is 5.56. The lowest BCUT2D eigenvalue weighted by Crippen LogP contribution is -2.38. The van der Waals surface area contributed by atoms with Crippen LogP contribution in [0.5, 0.6) is 0 Å². The minimum absolute atomic E-state index is 0.292. The minimum atomic E-state index is -0.803. The summed E-state index contributed by atoms with van der Waals surface area (Å²) in [4.78, 5) is 4.68. The smallest absolute Gasteiger partial charge is 0.138 e. The number of halogens is 2. The topological polar surface area (TPSA) is 30.7 Å². The monoisotopic (exact) mass is 515 g/mol. The molecule has 0 saturated heterocycles. The summed E-state index contributed by atoms with van der Waals surface area (Å²) in [5.41, 5.74) is 5.21. The number of pyridine rings is 1. The molecule has 184 valence electrons. The average molecular weight is 516 g/mol. The first-order valence-corrected chi connectivity index (χ1v) is 12.7. The zero-order chi connectivity index (χ0) is 26.0. The molecule has 5 heteroatoms. The minimum Gasteiger partial charge on any atom is -0.243 e. The maximum Gasteiger partial charge on any atom is 0.138 e. The maximum absolute atomic E-state index is 13.8. The van der Waals surface area contributed by atoms with Crippen molar-refractivity contribution in [3.63, 3.8) is 0 Å². The predicted molar refractivity (Wildman–Crippen MR) is 152 cm³/mol. The van der Waals surface area contributed by atoms with Crippen LogP contribution < -0.4 is 0 Å². The van der Waals surface area contributed by atoms with Crippen molar-refractivity contribution in [2.24, 2.45) is 0 Å². The highest BCUT2D eigenvalue weighted by molar-refractivity contribution is 6.29. The molecular formula is C33H23ClFN3. The molecule has 0 radical (unpaired) electrons. The van der Waals surface area contributed by atoms with E-state index in [-0.39, 0.29) is 5.82 Å². The highest BCUT2D eigenvalue weighted by Gasteiger charge is 2.40. The van der Waals surface area contributed by atoms with Gasteiger partial charge in [-0.05, 0) is 52.6 Å². The van der Waals surface area contributed by atoms with E-state index in [1.807, 2.05) is 83.6 Å². The van der Waals surface area contributed by atoms with E-state index in [9.17, 15) is 4.39 Å². The third-order valence-electron chi connectivity index (χ3n) is 6.69. The van der Waals surface area contributed by atoms with Gasteiger partial charge in [0.25, 0.3) is 0 Å². The summed E-state index contributed by atoms with van der Waals surface area (Å²) in [6.45, 7) is 0. The lowest BCUT2D eigenvalue weighted by Gasteiger charge is -2.36. The molecule has 0 atom stereocenters. The second-order valence-electron chi connectivity index (χ2n) is 9.00. The van der Waals surface area contributed by atoms with Gasteiger partial charge in [0.05, 0.1) is 5.52 Å². The van der Waals surface area contributed by atoms with Crippen LogP contribution in [0.25, 0.3) is 23.2 Å². The van der Waals surface area contributed by atoms with Crippen LogP contribution in [0.1, 0.15) is 27.9 Å². The van der Waals surface area contributed by atoms with Crippen LogP contribution in [-0.4, -0.2) is 14.8 Å². The van der Waals surface area contributed by atoms with Crippen molar-refractivity contribution in [2.75, 3.05) is 0 Å². The highest BCUT2D eigenvalue weighted by atomic mass is 35.5. The zero-order valence-electron chi connectivity index (χ0n) is 20.4. The fraction of sp³-hybridized carbons (Fsp3) is 0.0303. The van der Waals surface area contributed by atoms with Gasteiger partial charge in [0.2, 0.25) is 0 Å². The Hall–Kier alpha value is -4.54. The van der Waals surface area contributed by atoms with Gasteiger partial charge < -0.3 is 0 Å². The highest BCUT2D eigenvalue weighted by Crippen LogP contribution is 2.42. The van der Waals surface area contributed by atoms with Crippen LogP contribution in [0, 0.1) is 5.82 Å². The Labute approximate surface area is 225 Å². The molecule has 3 nitrogen and oxygen atoms in total.